The van der Waals surface area contributed by atoms with Crippen LogP contribution in [0.15, 0.2) is 18.2 Å². The number of nitrogens with zero attached hydrogens (tertiary/aromatic N) is 1. The summed E-state index contributed by atoms with van der Waals surface area (Å²) in [5.74, 6) is 5.37. The number of rotatable bonds is 2. The summed E-state index contributed by atoms with van der Waals surface area (Å²) >= 11 is 6.17. The van der Waals surface area contributed by atoms with E-state index >= 15 is 0 Å². The number of aliphatic hydroxyl groups is 1. The third-order valence-corrected chi connectivity index (χ3v) is 4.32. The molecule has 2 unspecified atom stereocenters. The number of aliphatic hydroxyl groups excluding tert-OH is 1. The summed E-state index contributed by atoms with van der Waals surface area (Å²) in [5, 5.41) is 9.16. The van der Waals surface area contributed by atoms with Gasteiger partial charge >= 0.3 is 0 Å². The van der Waals surface area contributed by atoms with E-state index in [1.54, 1.807) is 18.2 Å². The molecule has 2 rings (SSSR count). The third kappa shape index (κ3) is 3.40. The molecule has 0 aromatic heterocycles. The molecule has 21 heavy (non-hydrogen) atoms. The van der Waals surface area contributed by atoms with Crippen molar-refractivity contribution in [1.29, 1.82) is 0 Å². The van der Waals surface area contributed by atoms with Crippen molar-refractivity contribution in [3.8, 4) is 11.8 Å². The van der Waals surface area contributed by atoms with E-state index in [2.05, 4.69) is 25.7 Å². The Labute approximate surface area is 130 Å². The first-order valence-corrected chi connectivity index (χ1v) is 7.68. The Bertz CT molecular complexity index is 588. The molecule has 2 atom stereocenters. The van der Waals surface area contributed by atoms with Crippen LogP contribution in [-0.2, 0) is 0 Å². The molecular formula is C17H20ClNO2. The van der Waals surface area contributed by atoms with Crippen LogP contribution in [0.2, 0.25) is 5.02 Å². The first-order chi connectivity index (χ1) is 10.1. The SMILES string of the molecule is CCC1CCC(C)N1C(=O)c1ccc(C#CCO)c(Cl)c1. The average Bonchev–Trinajstić information content (AvgIpc) is 2.86. The Kier molecular flexibility index (Phi) is 5.27. The number of hydrogen-bond acceptors (Lipinski definition) is 2. The molecule has 1 N–H and O–H groups in total. The highest BCUT2D eigenvalue weighted by atomic mass is 35.5. The molecule has 0 spiro atoms. The zero-order valence-electron chi connectivity index (χ0n) is 12.4. The van der Waals surface area contributed by atoms with Crippen LogP contribution in [0.1, 0.15) is 49.0 Å². The highest BCUT2D eigenvalue weighted by Crippen LogP contribution is 2.28. The van der Waals surface area contributed by atoms with Crippen LogP contribution in [0.3, 0.4) is 0 Å². The molecule has 0 saturated carbocycles. The number of carbonyl (C=O) groups is 1. The van der Waals surface area contributed by atoms with E-state index in [4.69, 9.17) is 16.7 Å². The van der Waals surface area contributed by atoms with Crippen molar-refractivity contribution in [2.24, 2.45) is 0 Å². The molecule has 1 saturated heterocycles. The van der Waals surface area contributed by atoms with E-state index in [0.717, 1.165) is 19.3 Å². The molecule has 1 aliphatic rings. The van der Waals surface area contributed by atoms with Gasteiger partial charge in [0.2, 0.25) is 0 Å². The van der Waals surface area contributed by atoms with E-state index in [1.165, 1.54) is 0 Å². The molecule has 1 aromatic carbocycles. The molecule has 1 aliphatic heterocycles. The standard InChI is InChI=1S/C17H20ClNO2/c1-3-15-9-6-12(2)19(15)17(21)14-8-7-13(5-4-10-20)16(18)11-14/h7-8,11-12,15,20H,3,6,9-10H2,1-2H3. The largest absolute Gasteiger partial charge is 0.384 e. The van der Waals surface area contributed by atoms with Gasteiger partial charge in [0.15, 0.2) is 0 Å². The smallest absolute Gasteiger partial charge is 0.254 e. The monoisotopic (exact) mass is 305 g/mol. The maximum Gasteiger partial charge on any atom is 0.254 e. The number of hydrogen-bond donors (Lipinski definition) is 1. The highest BCUT2D eigenvalue weighted by Gasteiger charge is 2.33. The summed E-state index contributed by atoms with van der Waals surface area (Å²) in [5.41, 5.74) is 1.23. The van der Waals surface area contributed by atoms with Crippen LogP contribution in [0, 0.1) is 11.8 Å². The lowest BCUT2D eigenvalue weighted by molar-refractivity contribution is 0.0676. The lowest BCUT2D eigenvalue weighted by Gasteiger charge is -2.28. The number of amides is 1. The van der Waals surface area contributed by atoms with Gasteiger partial charge in [0.05, 0.1) is 5.02 Å². The number of likely N-dealkylation sites (tertiary alicyclic amines) is 1. The highest BCUT2D eigenvalue weighted by molar-refractivity contribution is 6.32. The lowest BCUT2D eigenvalue weighted by Crippen LogP contribution is -2.39. The average molecular weight is 306 g/mol. The summed E-state index contributed by atoms with van der Waals surface area (Å²) in [7, 11) is 0. The maximum absolute atomic E-state index is 12.7. The fourth-order valence-electron chi connectivity index (χ4n) is 2.87. The zero-order chi connectivity index (χ0) is 15.4. The fourth-order valence-corrected chi connectivity index (χ4v) is 3.10. The first kappa shape index (κ1) is 15.9. The third-order valence-electron chi connectivity index (χ3n) is 4.01. The van der Waals surface area contributed by atoms with Crippen molar-refractivity contribution in [2.75, 3.05) is 6.61 Å². The lowest BCUT2D eigenvalue weighted by atomic mass is 10.1. The van der Waals surface area contributed by atoms with Crippen LogP contribution in [0.25, 0.3) is 0 Å². The Morgan fingerprint density at radius 2 is 2.24 bits per heavy atom. The minimum absolute atomic E-state index is 0.0374. The zero-order valence-corrected chi connectivity index (χ0v) is 13.2. The molecule has 1 heterocycles. The summed E-state index contributed by atoms with van der Waals surface area (Å²) < 4.78 is 0. The Morgan fingerprint density at radius 1 is 1.48 bits per heavy atom. The fraction of sp³-hybridized carbons (Fsp3) is 0.471. The Hall–Kier alpha value is -1.50. The molecule has 112 valence electrons. The maximum atomic E-state index is 12.7. The molecule has 1 aromatic rings. The topological polar surface area (TPSA) is 40.5 Å². The van der Waals surface area contributed by atoms with Crippen LogP contribution >= 0.6 is 11.6 Å². The molecule has 1 amide bonds. The Morgan fingerprint density at radius 3 is 2.86 bits per heavy atom. The molecule has 3 nitrogen and oxygen atoms in total. The van der Waals surface area contributed by atoms with Gasteiger partial charge in [-0.05, 0) is 44.4 Å². The molecular weight excluding hydrogens is 286 g/mol. The van der Waals surface area contributed by atoms with Gasteiger partial charge in [-0.3, -0.25) is 4.79 Å². The van der Waals surface area contributed by atoms with Crippen molar-refractivity contribution in [3.63, 3.8) is 0 Å². The van der Waals surface area contributed by atoms with E-state index in [1.807, 2.05) is 4.90 Å². The van der Waals surface area contributed by atoms with Crippen molar-refractivity contribution in [1.82, 2.24) is 4.90 Å². The quantitative estimate of drug-likeness (QED) is 0.853. The normalized spacial score (nSPS) is 21.0. The Balaban J connectivity index is 2.25. The summed E-state index contributed by atoms with van der Waals surface area (Å²) in [6.07, 6.45) is 3.10. The second kappa shape index (κ2) is 6.98. The summed E-state index contributed by atoms with van der Waals surface area (Å²) in [4.78, 5) is 14.7. The van der Waals surface area contributed by atoms with Gasteiger partial charge in [-0.1, -0.05) is 30.4 Å². The van der Waals surface area contributed by atoms with Crippen molar-refractivity contribution < 1.29 is 9.90 Å². The van der Waals surface area contributed by atoms with Gasteiger partial charge in [-0.15, -0.1) is 0 Å². The number of carbonyl (C=O) groups excluding carboxylic acids is 1. The van der Waals surface area contributed by atoms with E-state index in [0.29, 0.717) is 22.2 Å². The van der Waals surface area contributed by atoms with Crippen LogP contribution in [0.4, 0.5) is 0 Å². The van der Waals surface area contributed by atoms with E-state index < -0.39 is 0 Å². The summed E-state index contributed by atoms with van der Waals surface area (Å²) in [6.45, 7) is 4.00. The second-order valence-electron chi connectivity index (χ2n) is 5.36. The summed E-state index contributed by atoms with van der Waals surface area (Å²) in [6, 6.07) is 5.76. The van der Waals surface area contributed by atoms with Crippen LogP contribution in [-0.4, -0.2) is 34.6 Å². The molecule has 0 radical (unpaired) electrons. The van der Waals surface area contributed by atoms with E-state index in [-0.39, 0.29) is 18.6 Å². The van der Waals surface area contributed by atoms with Gasteiger partial charge in [0.1, 0.15) is 6.61 Å². The minimum atomic E-state index is -0.208. The second-order valence-corrected chi connectivity index (χ2v) is 5.76. The first-order valence-electron chi connectivity index (χ1n) is 7.30. The van der Waals surface area contributed by atoms with Crippen LogP contribution in [0.5, 0.6) is 0 Å². The molecule has 0 aliphatic carbocycles. The predicted molar refractivity (Wildman–Crippen MR) is 84.4 cm³/mol. The minimum Gasteiger partial charge on any atom is -0.384 e. The van der Waals surface area contributed by atoms with Crippen LogP contribution < -0.4 is 0 Å². The number of benzene rings is 1. The molecule has 0 bridgehead atoms. The van der Waals surface area contributed by atoms with Gasteiger partial charge in [-0.25, -0.2) is 0 Å². The van der Waals surface area contributed by atoms with Crippen molar-refractivity contribution in [3.05, 3.63) is 34.3 Å². The van der Waals surface area contributed by atoms with Gasteiger partial charge in [0.25, 0.3) is 5.91 Å². The van der Waals surface area contributed by atoms with Crippen molar-refractivity contribution >= 4 is 17.5 Å². The van der Waals surface area contributed by atoms with Gasteiger partial charge in [0, 0.05) is 23.2 Å². The van der Waals surface area contributed by atoms with Gasteiger partial charge in [-0.2, -0.15) is 0 Å². The number of halogens is 1. The van der Waals surface area contributed by atoms with E-state index in [9.17, 15) is 4.79 Å². The van der Waals surface area contributed by atoms with Gasteiger partial charge < -0.3 is 10.0 Å². The molecule has 4 heteroatoms. The predicted octanol–water partition coefficient (Wildman–Crippen LogP) is 3.09. The molecule has 1 fully saturated rings. The van der Waals surface area contributed by atoms with Crippen molar-refractivity contribution in [2.45, 2.75) is 45.2 Å².